The topological polar surface area (TPSA) is 43.4 Å². The largest absolute Gasteiger partial charge is 0.493 e. The fraction of sp³-hybridized carbons (Fsp3) is 0.474. The maximum atomic E-state index is 12.7. The van der Waals surface area contributed by atoms with Gasteiger partial charge in [-0.05, 0) is 57.4 Å². The lowest BCUT2D eigenvalue weighted by Crippen LogP contribution is -2.13. The summed E-state index contributed by atoms with van der Waals surface area (Å²) in [6, 6.07) is 6.97. The highest BCUT2D eigenvalue weighted by Gasteiger charge is 2.19. The molecule has 0 aliphatic carbocycles. The van der Waals surface area contributed by atoms with E-state index in [2.05, 4.69) is 0 Å². The van der Waals surface area contributed by atoms with E-state index < -0.39 is 9.84 Å². The first-order chi connectivity index (χ1) is 10.8. The Hall–Kier alpha value is -1.55. The summed E-state index contributed by atoms with van der Waals surface area (Å²) in [5.41, 5.74) is 3.26. The van der Waals surface area contributed by atoms with Gasteiger partial charge in [0.2, 0.25) is 0 Å². The third-order valence-corrected chi connectivity index (χ3v) is 5.33. The molecule has 0 saturated heterocycles. The SMILES string of the molecule is CCC(CC)=C(CS(=O)(=O)c1ccc(C)cc1)OCC=C(C)C. The first-order valence-electron chi connectivity index (χ1n) is 8.06. The zero-order valence-electron chi connectivity index (χ0n) is 14.8. The number of aryl methyl sites for hydroxylation is 1. The molecule has 0 aromatic heterocycles. The Bertz CT molecular complexity index is 655. The van der Waals surface area contributed by atoms with E-state index in [9.17, 15) is 8.42 Å². The van der Waals surface area contributed by atoms with Crippen LogP contribution in [0.4, 0.5) is 0 Å². The second-order valence-electron chi connectivity index (χ2n) is 5.90. The number of sulfone groups is 1. The molecule has 23 heavy (non-hydrogen) atoms. The van der Waals surface area contributed by atoms with Crippen LogP contribution >= 0.6 is 0 Å². The van der Waals surface area contributed by atoms with Gasteiger partial charge in [0, 0.05) is 0 Å². The Morgan fingerprint density at radius 2 is 1.65 bits per heavy atom. The van der Waals surface area contributed by atoms with Crippen LogP contribution in [0.15, 0.2) is 52.1 Å². The summed E-state index contributed by atoms with van der Waals surface area (Å²) in [5.74, 6) is 0.511. The zero-order valence-corrected chi connectivity index (χ0v) is 15.7. The van der Waals surface area contributed by atoms with Gasteiger partial charge in [0.15, 0.2) is 9.84 Å². The van der Waals surface area contributed by atoms with Crippen LogP contribution in [0.5, 0.6) is 0 Å². The van der Waals surface area contributed by atoms with Gasteiger partial charge in [-0.3, -0.25) is 0 Å². The summed E-state index contributed by atoms with van der Waals surface area (Å²) in [4.78, 5) is 0.345. The van der Waals surface area contributed by atoms with Crippen molar-refractivity contribution in [3.8, 4) is 0 Å². The highest BCUT2D eigenvalue weighted by atomic mass is 32.2. The smallest absolute Gasteiger partial charge is 0.185 e. The number of rotatable bonds is 8. The molecule has 1 aromatic carbocycles. The first kappa shape index (κ1) is 19.5. The lowest BCUT2D eigenvalue weighted by molar-refractivity contribution is 0.244. The molecule has 0 radical (unpaired) electrons. The third kappa shape index (κ3) is 6.22. The van der Waals surface area contributed by atoms with Crippen molar-refractivity contribution in [1.29, 1.82) is 0 Å². The van der Waals surface area contributed by atoms with E-state index in [4.69, 9.17) is 4.74 Å². The van der Waals surface area contributed by atoms with Gasteiger partial charge in [0.05, 0.1) is 4.90 Å². The van der Waals surface area contributed by atoms with Gasteiger partial charge in [-0.15, -0.1) is 0 Å². The van der Waals surface area contributed by atoms with Crippen molar-refractivity contribution < 1.29 is 13.2 Å². The average Bonchev–Trinajstić information content (AvgIpc) is 2.48. The van der Waals surface area contributed by atoms with Crippen LogP contribution in [0.1, 0.15) is 46.1 Å². The van der Waals surface area contributed by atoms with Crippen molar-refractivity contribution in [2.24, 2.45) is 0 Å². The fourth-order valence-electron chi connectivity index (χ4n) is 2.20. The molecule has 0 fully saturated rings. The van der Waals surface area contributed by atoms with E-state index in [0.717, 1.165) is 29.6 Å². The number of allylic oxidation sites excluding steroid dienone is 2. The Morgan fingerprint density at radius 3 is 2.13 bits per heavy atom. The number of benzene rings is 1. The number of hydrogen-bond donors (Lipinski definition) is 0. The Morgan fingerprint density at radius 1 is 1.09 bits per heavy atom. The van der Waals surface area contributed by atoms with E-state index in [1.54, 1.807) is 12.1 Å². The van der Waals surface area contributed by atoms with E-state index in [1.165, 1.54) is 0 Å². The summed E-state index contributed by atoms with van der Waals surface area (Å²) in [7, 11) is -3.40. The van der Waals surface area contributed by atoms with Crippen molar-refractivity contribution in [1.82, 2.24) is 0 Å². The lowest BCUT2D eigenvalue weighted by Gasteiger charge is -2.15. The Balaban J connectivity index is 3.06. The summed E-state index contributed by atoms with van der Waals surface area (Å²) in [5, 5.41) is 0. The molecule has 0 saturated carbocycles. The molecule has 0 heterocycles. The molecule has 128 valence electrons. The minimum Gasteiger partial charge on any atom is -0.493 e. The molecule has 0 spiro atoms. The van der Waals surface area contributed by atoms with Gasteiger partial charge in [0.25, 0.3) is 0 Å². The Labute approximate surface area is 141 Å². The van der Waals surface area contributed by atoms with E-state index in [-0.39, 0.29) is 5.75 Å². The number of ether oxygens (including phenoxy) is 1. The molecular formula is C19H28O3S. The normalized spacial score (nSPS) is 11.0. The van der Waals surface area contributed by atoms with Gasteiger partial charge in [-0.2, -0.15) is 0 Å². The summed E-state index contributed by atoms with van der Waals surface area (Å²) >= 11 is 0. The summed E-state index contributed by atoms with van der Waals surface area (Å²) in [6.45, 7) is 10.4. The third-order valence-electron chi connectivity index (χ3n) is 3.70. The summed E-state index contributed by atoms with van der Waals surface area (Å²) in [6.07, 6.45) is 3.55. The van der Waals surface area contributed by atoms with Crippen LogP contribution in [0, 0.1) is 6.92 Å². The molecule has 0 aliphatic rings. The van der Waals surface area contributed by atoms with Crippen LogP contribution in [-0.2, 0) is 14.6 Å². The average molecular weight is 336 g/mol. The molecule has 0 unspecified atom stereocenters. The van der Waals surface area contributed by atoms with Crippen molar-refractivity contribution in [3.05, 3.63) is 52.8 Å². The molecule has 0 atom stereocenters. The van der Waals surface area contributed by atoms with Gasteiger partial charge >= 0.3 is 0 Å². The molecule has 0 aliphatic heterocycles. The van der Waals surface area contributed by atoms with Gasteiger partial charge in [-0.1, -0.05) is 37.1 Å². The Kier molecular flexibility index (Phi) is 7.56. The predicted molar refractivity (Wildman–Crippen MR) is 96.2 cm³/mol. The molecule has 0 N–H and O–H groups in total. The van der Waals surface area contributed by atoms with Crippen molar-refractivity contribution in [2.75, 3.05) is 12.4 Å². The van der Waals surface area contributed by atoms with E-state index >= 15 is 0 Å². The number of hydrogen-bond acceptors (Lipinski definition) is 3. The lowest BCUT2D eigenvalue weighted by atomic mass is 10.1. The molecular weight excluding hydrogens is 308 g/mol. The van der Waals surface area contributed by atoms with Crippen molar-refractivity contribution in [3.63, 3.8) is 0 Å². The van der Waals surface area contributed by atoms with Gasteiger partial charge in [-0.25, -0.2) is 8.42 Å². The molecule has 0 amide bonds. The highest BCUT2D eigenvalue weighted by molar-refractivity contribution is 7.91. The van der Waals surface area contributed by atoms with Crippen molar-refractivity contribution in [2.45, 2.75) is 52.4 Å². The molecule has 0 bridgehead atoms. The van der Waals surface area contributed by atoms with E-state index in [0.29, 0.717) is 17.3 Å². The highest BCUT2D eigenvalue weighted by Crippen LogP contribution is 2.21. The maximum Gasteiger partial charge on any atom is 0.185 e. The molecule has 1 aromatic rings. The summed E-state index contributed by atoms with van der Waals surface area (Å²) < 4.78 is 31.1. The van der Waals surface area contributed by atoms with Crippen LogP contribution in [0.3, 0.4) is 0 Å². The zero-order chi connectivity index (χ0) is 17.5. The quantitative estimate of drug-likeness (QED) is 0.504. The standard InChI is InChI=1S/C19H28O3S/c1-6-17(7-2)19(22-13-12-15(3)4)14-23(20,21)18-10-8-16(5)9-11-18/h8-12H,6-7,13-14H2,1-5H3. The molecule has 1 rings (SSSR count). The molecule has 3 nitrogen and oxygen atoms in total. The van der Waals surface area contributed by atoms with Crippen LogP contribution < -0.4 is 0 Å². The van der Waals surface area contributed by atoms with Gasteiger partial charge < -0.3 is 4.74 Å². The minimum atomic E-state index is -3.40. The predicted octanol–water partition coefficient (Wildman–Crippen LogP) is 4.83. The van der Waals surface area contributed by atoms with Crippen LogP contribution in [0.25, 0.3) is 0 Å². The fourth-order valence-corrected chi connectivity index (χ4v) is 3.55. The van der Waals surface area contributed by atoms with Crippen LogP contribution in [0.2, 0.25) is 0 Å². The van der Waals surface area contributed by atoms with Gasteiger partial charge in [0.1, 0.15) is 18.1 Å². The monoisotopic (exact) mass is 336 g/mol. The van der Waals surface area contributed by atoms with Crippen LogP contribution in [-0.4, -0.2) is 20.8 Å². The van der Waals surface area contributed by atoms with Crippen molar-refractivity contribution >= 4 is 9.84 Å². The second kappa shape index (κ2) is 8.92. The molecule has 4 heteroatoms. The van der Waals surface area contributed by atoms with E-state index in [1.807, 2.05) is 52.8 Å². The first-order valence-corrected chi connectivity index (χ1v) is 9.71. The maximum absolute atomic E-state index is 12.7. The minimum absolute atomic E-state index is 0.0797. The second-order valence-corrected chi connectivity index (χ2v) is 7.89.